The molecule has 0 amide bonds. The van der Waals surface area contributed by atoms with Crippen molar-refractivity contribution < 1.29 is 9.53 Å². The highest BCUT2D eigenvalue weighted by Gasteiger charge is 1.98. The van der Waals surface area contributed by atoms with Crippen LogP contribution in [0.15, 0.2) is 11.6 Å². The Morgan fingerprint density at radius 1 is 1.11 bits per heavy atom. The summed E-state index contributed by atoms with van der Waals surface area (Å²) in [5, 5.41) is 0. The van der Waals surface area contributed by atoms with Gasteiger partial charge in [-0.25, -0.2) is 4.79 Å². The van der Waals surface area contributed by atoms with Gasteiger partial charge in [0, 0.05) is 18.1 Å². The maximum Gasteiger partial charge on any atom is 0.331 e. The van der Waals surface area contributed by atoms with Crippen LogP contribution in [0.25, 0.3) is 0 Å². The number of carbonyl (C=O) groups is 1. The number of unbranched alkanes of at least 4 members (excludes halogenated alkanes) is 5. The van der Waals surface area contributed by atoms with Crippen molar-refractivity contribution in [2.45, 2.75) is 65.2 Å². The van der Waals surface area contributed by atoms with Crippen LogP contribution in [0.1, 0.15) is 65.2 Å². The Kier molecular flexibility index (Phi) is 11.4. The number of hydrogen-bond acceptors (Lipinski definition) is 2. The molecule has 0 atom stereocenters. The van der Waals surface area contributed by atoms with E-state index in [0.717, 1.165) is 37.7 Å². The van der Waals surface area contributed by atoms with Gasteiger partial charge in [-0.05, 0) is 19.3 Å². The van der Waals surface area contributed by atoms with Crippen molar-refractivity contribution in [3.05, 3.63) is 11.6 Å². The van der Waals surface area contributed by atoms with Gasteiger partial charge in [-0.15, -0.1) is 0 Å². The first-order chi connectivity index (χ1) is 8.74. The number of esters is 1. The number of hydrogen-bond donors (Lipinski definition) is 0. The van der Waals surface area contributed by atoms with E-state index < -0.39 is 0 Å². The lowest BCUT2D eigenvalue weighted by Gasteiger charge is -1.98. The standard InChI is InChI=1S/C16H26O2/c1-4-6-8-9-10-11-13-15(12-7-5-2)14-16(17)18-3/h14H,4-10,12H2,1-3H3/b15-14-. The lowest BCUT2D eigenvalue weighted by Crippen LogP contribution is -1.96. The molecule has 0 N–H and O–H groups in total. The molecule has 0 aromatic carbocycles. The molecule has 0 aromatic heterocycles. The highest BCUT2D eigenvalue weighted by molar-refractivity contribution is 5.83. The van der Waals surface area contributed by atoms with Crippen LogP contribution < -0.4 is 0 Å². The van der Waals surface area contributed by atoms with Gasteiger partial charge in [0.1, 0.15) is 0 Å². The topological polar surface area (TPSA) is 26.3 Å². The molecule has 0 aliphatic rings. The van der Waals surface area contributed by atoms with Crippen LogP contribution in [0.3, 0.4) is 0 Å². The average Bonchev–Trinajstić information content (AvgIpc) is 2.39. The van der Waals surface area contributed by atoms with Crippen LogP contribution >= 0.6 is 0 Å². The quantitative estimate of drug-likeness (QED) is 0.278. The molecule has 0 aliphatic carbocycles. The molecule has 0 saturated carbocycles. The Bertz CT molecular complexity index is 305. The Hall–Kier alpha value is -1.23. The number of allylic oxidation sites excluding steroid dienone is 1. The Labute approximate surface area is 112 Å². The van der Waals surface area contributed by atoms with Crippen molar-refractivity contribution in [2.24, 2.45) is 0 Å². The molecule has 102 valence electrons. The van der Waals surface area contributed by atoms with Crippen LogP contribution in [0.2, 0.25) is 0 Å². The molecule has 0 rings (SSSR count). The summed E-state index contributed by atoms with van der Waals surface area (Å²) in [6.45, 7) is 4.33. The van der Waals surface area contributed by atoms with Crippen LogP contribution in [-0.4, -0.2) is 13.1 Å². The van der Waals surface area contributed by atoms with Crippen LogP contribution in [0.4, 0.5) is 0 Å². The summed E-state index contributed by atoms with van der Waals surface area (Å²) in [6.07, 6.45) is 10.4. The van der Waals surface area contributed by atoms with E-state index in [1.807, 2.05) is 0 Å². The molecule has 0 bridgehead atoms. The van der Waals surface area contributed by atoms with Gasteiger partial charge in [-0.2, -0.15) is 0 Å². The van der Waals surface area contributed by atoms with Gasteiger partial charge in [-0.1, -0.05) is 51.4 Å². The molecular weight excluding hydrogens is 224 g/mol. The maximum absolute atomic E-state index is 11.2. The van der Waals surface area contributed by atoms with Gasteiger partial charge >= 0.3 is 5.97 Å². The first kappa shape index (κ1) is 16.8. The second kappa shape index (κ2) is 12.2. The van der Waals surface area contributed by atoms with Crippen molar-refractivity contribution >= 4 is 5.97 Å². The fraction of sp³-hybridized carbons (Fsp3) is 0.688. The summed E-state index contributed by atoms with van der Waals surface area (Å²) in [6, 6.07) is 0. The van der Waals surface area contributed by atoms with Gasteiger partial charge in [0.2, 0.25) is 0 Å². The molecule has 0 radical (unpaired) electrons. The maximum atomic E-state index is 11.2. The average molecular weight is 250 g/mol. The van der Waals surface area contributed by atoms with E-state index in [4.69, 9.17) is 0 Å². The summed E-state index contributed by atoms with van der Waals surface area (Å²) < 4.78 is 4.64. The molecule has 2 heteroatoms. The molecule has 2 nitrogen and oxygen atoms in total. The molecule has 0 fully saturated rings. The third-order valence-electron chi connectivity index (χ3n) is 2.70. The highest BCUT2D eigenvalue weighted by atomic mass is 16.5. The third kappa shape index (κ3) is 9.96. The monoisotopic (exact) mass is 250 g/mol. The van der Waals surface area contributed by atoms with Crippen molar-refractivity contribution in [2.75, 3.05) is 7.11 Å². The zero-order valence-electron chi connectivity index (χ0n) is 12.1. The normalized spacial score (nSPS) is 10.7. The SMILES string of the molecule is CCCCCCC#C/C(=C\C(=O)OC)CCCC. The van der Waals surface area contributed by atoms with Crippen LogP contribution in [0.5, 0.6) is 0 Å². The fourth-order valence-corrected chi connectivity index (χ4v) is 1.56. The second-order valence-corrected chi connectivity index (χ2v) is 4.41. The molecule has 0 aromatic rings. The van der Waals surface area contributed by atoms with Crippen molar-refractivity contribution in [1.29, 1.82) is 0 Å². The lowest BCUT2D eigenvalue weighted by molar-refractivity contribution is -0.134. The molecule has 0 unspecified atom stereocenters. The van der Waals surface area contributed by atoms with E-state index in [-0.39, 0.29) is 5.97 Å². The Morgan fingerprint density at radius 3 is 2.44 bits per heavy atom. The van der Waals surface area contributed by atoms with E-state index in [1.54, 1.807) is 0 Å². The summed E-state index contributed by atoms with van der Waals surface area (Å²) in [4.78, 5) is 11.2. The number of rotatable bonds is 8. The zero-order valence-corrected chi connectivity index (χ0v) is 12.1. The van der Waals surface area contributed by atoms with Crippen molar-refractivity contribution in [3.8, 4) is 11.8 Å². The van der Waals surface area contributed by atoms with E-state index in [1.165, 1.54) is 32.4 Å². The van der Waals surface area contributed by atoms with E-state index in [0.29, 0.717) is 0 Å². The van der Waals surface area contributed by atoms with Crippen molar-refractivity contribution in [3.63, 3.8) is 0 Å². The minimum absolute atomic E-state index is 0.304. The van der Waals surface area contributed by atoms with Gasteiger partial charge in [0.05, 0.1) is 7.11 Å². The molecular formula is C16H26O2. The van der Waals surface area contributed by atoms with Crippen LogP contribution in [-0.2, 0) is 9.53 Å². The van der Waals surface area contributed by atoms with E-state index >= 15 is 0 Å². The molecule has 0 spiro atoms. The minimum atomic E-state index is -0.304. The molecule has 0 aliphatic heterocycles. The number of carbonyl (C=O) groups excluding carboxylic acids is 1. The Balaban J connectivity index is 4.18. The number of ether oxygens (including phenoxy) is 1. The predicted molar refractivity (Wildman–Crippen MR) is 76.2 cm³/mol. The summed E-state index contributed by atoms with van der Waals surface area (Å²) in [5.41, 5.74) is 0.902. The van der Waals surface area contributed by atoms with E-state index in [9.17, 15) is 4.79 Å². The lowest BCUT2D eigenvalue weighted by atomic mass is 10.1. The van der Waals surface area contributed by atoms with Crippen molar-refractivity contribution in [1.82, 2.24) is 0 Å². The van der Waals surface area contributed by atoms with Gasteiger partial charge in [0.25, 0.3) is 0 Å². The smallest absolute Gasteiger partial charge is 0.331 e. The first-order valence-corrected chi connectivity index (χ1v) is 7.02. The van der Waals surface area contributed by atoms with Gasteiger partial charge in [0.15, 0.2) is 0 Å². The molecule has 0 heterocycles. The van der Waals surface area contributed by atoms with Crippen LogP contribution in [0, 0.1) is 11.8 Å². The predicted octanol–water partition coefficient (Wildman–Crippen LogP) is 4.25. The third-order valence-corrected chi connectivity index (χ3v) is 2.70. The zero-order chi connectivity index (χ0) is 13.6. The van der Waals surface area contributed by atoms with Gasteiger partial charge in [-0.3, -0.25) is 0 Å². The number of methoxy groups -OCH3 is 1. The largest absolute Gasteiger partial charge is 0.466 e. The summed E-state index contributed by atoms with van der Waals surface area (Å²) >= 11 is 0. The molecule has 18 heavy (non-hydrogen) atoms. The minimum Gasteiger partial charge on any atom is -0.466 e. The second-order valence-electron chi connectivity index (χ2n) is 4.41. The summed E-state index contributed by atoms with van der Waals surface area (Å²) in [7, 11) is 1.40. The Morgan fingerprint density at radius 2 is 1.83 bits per heavy atom. The van der Waals surface area contributed by atoms with Gasteiger partial charge < -0.3 is 4.74 Å². The fourth-order valence-electron chi connectivity index (χ4n) is 1.56. The van der Waals surface area contributed by atoms with E-state index in [2.05, 4.69) is 30.4 Å². The highest BCUT2D eigenvalue weighted by Crippen LogP contribution is 2.07. The molecule has 0 saturated heterocycles. The summed E-state index contributed by atoms with van der Waals surface area (Å²) in [5.74, 6) is 5.96. The first-order valence-electron chi connectivity index (χ1n) is 7.02.